The third kappa shape index (κ3) is 3.97. The monoisotopic (exact) mass is 438 g/mol. The minimum absolute atomic E-state index is 0.108. The third-order valence-electron chi connectivity index (χ3n) is 4.73. The number of carbonyl (C=O) groups is 2. The smallest absolute Gasteiger partial charge is 0.231 e. The van der Waals surface area contributed by atoms with E-state index in [0.29, 0.717) is 43.8 Å². The zero-order valence-corrected chi connectivity index (χ0v) is 17.5. The van der Waals surface area contributed by atoms with Crippen molar-refractivity contribution in [2.24, 2.45) is 0 Å². The fourth-order valence-corrected chi connectivity index (χ4v) is 3.44. The van der Waals surface area contributed by atoms with Crippen molar-refractivity contribution in [2.45, 2.75) is 6.92 Å². The van der Waals surface area contributed by atoms with E-state index in [2.05, 4.69) is 0 Å². The Labute approximate surface area is 183 Å². The molecule has 0 saturated heterocycles. The van der Waals surface area contributed by atoms with Crippen LogP contribution in [0.15, 0.2) is 66.4 Å². The molecule has 0 aliphatic carbocycles. The van der Waals surface area contributed by atoms with Gasteiger partial charge in [0.1, 0.15) is 11.5 Å². The normalized spacial score (nSPS) is 13.8. The predicted octanol–water partition coefficient (Wildman–Crippen LogP) is 6.18. The van der Waals surface area contributed by atoms with Gasteiger partial charge in [-0.3, -0.25) is 9.59 Å². The van der Waals surface area contributed by atoms with Gasteiger partial charge in [0.05, 0.1) is 15.6 Å². The largest absolute Gasteiger partial charge is 0.485 e. The molecule has 1 aliphatic heterocycles. The van der Waals surface area contributed by atoms with E-state index in [1.54, 1.807) is 67.6 Å². The van der Waals surface area contributed by atoms with Crippen molar-refractivity contribution in [3.8, 4) is 11.5 Å². The summed E-state index contributed by atoms with van der Waals surface area (Å²) in [5, 5.41) is 0.826. The molecule has 0 atom stereocenters. The molecule has 6 heteroatoms. The zero-order chi connectivity index (χ0) is 21.3. The van der Waals surface area contributed by atoms with Crippen LogP contribution in [-0.2, 0) is 0 Å². The Morgan fingerprint density at radius 2 is 1.80 bits per heavy atom. The van der Waals surface area contributed by atoms with Crippen molar-refractivity contribution >= 4 is 40.8 Å². The fourth-order valence-electron chi connectivity index (χ4n) is 3.13. The number of rotatable bonds is 5. The molecule has 0 fully saturated rings. The molecular weight excluding hydrogens is 423 g/mol. The van der Waals surface area contributed by atoms with Crippen LogP contribution in [0.2, 0.25) is 10.0 Å². The Hall–Kier alpha value is -3.08. The van der Waals surface area contributed by atoms with Gasteiger partial charge in [0, 0.05) is 11.1 Å². The fraction of sp³-hybridized carbons (Fsp3) is 0.0833. The molecule has 0 spiro atoms. The number of carbonyl (C=O) groups excluding carboxylic acids is 2. The summed E-state index contributed by atoms with van der Waals surface area (Å²) in [5.74, 6) is 0.736. The van der Waals surface area contributed by atoms with Crippen LogP contribution in [0, 0.1) is 6.92 Å². The topological polar surface area (TPSA) is 52.6 Å². The maximum absolute atomic E-state index is 12.7. The molecule has 0 bridgehead atoms. The quantitative estimate of drug-likeness (QED) is 0.352. The second-order valence-electron chi connectivity index (χ2n) is 6.76. The highest BCUT2D eigenvalue weighted by atomic mass is 35.5. The average Bonchev–Trinajstić information content (AvgIpc) is 3.07. The van der Waals surface area contributed by atoms with Gasteiger partial charge in [0.15, 0.2) is 18.1 Å². The van der Waals surface area contributed by atoms with Crippen molar-refractivity contribution in [1.29, 1.82) is 0 Å². The number of benzene rings is 3. The molecule has 0 radical (unpaired) electrons. The summed E-state index contributed by atoms with van der Waals surface area (Å²) in [7, 11) is 0. The van der Waals surface area contributed by atoms with E-state index in [0.717, 1.165) is 0 Å². The summed E-state index contributed by atoms with van der Waals surface area (Å²) in [4.78, 5) is 25.0. The molecule has 3 aromatic rings. The van der Waals surface area contributed by atoms with Gasteiger partial charge in [-0.05, 0) is 42.8 Å². The highest BCUT2D eigenvalue weighted by Gasteiger charge is 2.30. The number of Topliss-reactive ketones (excluding diaryl/α,β-unsaturated/α-hetero) is 2. The van der Waals surface area contributed by atoms with Crippen LogP contribution in [0.3, 0.4) is 0 Å². The lowest BCUT2D eigenvalue weighted by Crippen LogP contribution is -2.12. The van der Waals surface area contributed by atoms with Crippen molar-refractivity contribution in [1.82, 2.24) is 0 Å². The van der Waals surface area contributed by atoms with E-state index in [-0.39, 0.29) is 23.9 Å². The van der Waals surface area contributed by atoms with Crippen LogP contribution in [0.4, 0.5) is 0 Å². The van der Waals surface area contributed by atoms with Gasteiger partial charge in [-0.1, -0.05) is 59.6 Å². The van der Waals surface area contributed by atoms with Gasteiger partial charge in [-0.2, -0.15) is 0 Å². The molecule has 0 saturated carbocycles. The van der Waals surface area contributed by atoms with Gasteiger partial charge in [0.25, 0.3) is 0 Å². The maximum atomic E-state index is 12.7. The summed E-state index contributed by atoms with van der Waals surface area (Å²) >= 11 is 12.0. The van der Waals surface area contributed by atoms with Gasteiger partial charge in [0.2, 0.25) is 5.78 Å². The average molecular weight is 439 g/mol. The first kappa shape index (κ1) is 20.2. The Morgan fingerprint density at radius 1 is 1.03 bits per heavy atom. The summed E-state index contributed by atoms with van der Waals surface area (Å²) in [6.07, 6.45) is 1.61. The van der Waals surface area contributed by atoms with Gasteiger partial charge in [-0.15, -0.1) is 0 Å². The minimum Gasteiger partial charge on any atom is -0.485 e. The van der Waals surface area contributed by atoms with Crippen molar-refractivity contribution in [3.05, 3.63) is 98.7 Å². The third-order valence-corrected chi connectivity index (χ3v) is 5.47. The molecule has 0 amide bonds. The summed E-state index contributed by atoms with van der Waals surface area (Å²) < 4.78 is 11.5. The Bertz CT molecular complexity index is 1180. The molecule has 4 nitrogen and oxygen atoms in total. The van der Waals surface area contributed by atoms with E-state index in [1.807, 2.05) is 6.07 Å². The molecule has 4 rings (SSSR count). The van der Waals surface area contributed by atoms with Crippen LogP contribution in [0.1, 0.15) is 31.8 Å². The van der Waals surface area contributed by atoms with Crippen LogP contribution in [-0.4, -0.2) is 18.2 Å². The van der Waals surface area contributed by atoms with Crippen LogP contribution in [0.25, 0.3) is 6.08 Å². The first-order valence-corrected chi connectivity index (χ1v) is 9.93. The van der Waals surface area contributed by atoms with Crippen LogP contribution >= 0.6 is 23.2 Å². The zero-order valence-electron chi connectivity index (χ0n) is 15.9. The number of fused-ring (bicyclic) bond motifs is 1. The number of hydrogen-bond donors (Lipinski definition) is 0. The molecule has 1 aliphatic rings. The molecule has 3 aromatic carbocycles. The van der Waals surface area contributed by atoms with Gasteiger partial charge < -0.3 is 9.47 Å². The Balaban J connectivity index is 1.54. The lowest BCUT2D eigenvalue weighted by Gasteiger charge is -2.11. The van der Waals surface area contributed by atoms with E-state index in [4.69, 9.17) is 32.7 Å². The van der Waals surface area contributed by atoms with Crippen molar-refractivity contribution < 1.29 is 19.1 Å². The number of allylic oxidation sites excluding steroid dienone is 1. The molecule has 1 heterocycles. The highest BCUT2D eigenvalue weighted by molar-refractivity contribution is 6.42. The second kappa shape index (κ2) is 8.34. The number of ether oxygens (including phenoxy) is 2. The molecule has 0 unspecified atom stereocenters. The molecule has 0 N–H and O–H groups in total. The second-order valence-corrected chi connectivity index (χ2v) is 7.57. The Morgan fingerprint density at radius 3 is 2.53 bits per heavy atom. The molecule has 0 aromatic heterocycles. The van der Waals surface area contributed by atoms with Gasteiger partial charge >= 0.3 is 0 Å². The van der Waals surface area contributed by atoms with Gasteiger partial charge in [-0.25, -0.2) is 0 Å². The lowest BCUT2D eigenvalue weighted by atomic mass is 10.1. The highest BCUT2D eigenvalue weighted by Crippen LogP contribution is 2.39. The summed E-state index contributed by atoms with van der Waals surface area (Å²) in [5.41, 5.74) is 2.37. The number of hydrogen-bond acceptors (Lipinski definition) is 4. The van der Waals surface area contributed by atoms with E-state index >= 15 is 0 Å². The predicted molar refractivity (Wildman–Crippen MR) is 117 cm³/mol. The van der Waals surface area contributed by atoms with E-state index in [9.17, 15) is 9.59 Å². The van der Waals surface area contributed by atoms with E-state index < -0.39 is 0 Å². The Kier molecular flexibility index (Phi) is 5.62. The summed E-state index contributed by atoms with van der Waals surface area (Å²) in [6.45, 7) is 1.68. The number of ketones is 2. The SMILES string of the molecule is Cc1c(OCC(=O)c2ccccc2)ccc2c1O/C(=C\c1ccc(Cl)c(Cl)c1)C2=O. The van der Waals surface area contributed by atoms with Crippen molar-refractivity contribution in [2.75, 3.05) is 6.61 Å². The van der Waals surface area contributed by atoms with Crippen LogP contribution < -0.4 is 9.47 Å². The van der Waals surface area contributed by atoms with E-state index in [1.165, 1.54) is 0 Å². The summed E-state index contributed by atoms with van der Waals surface area (Å²) in [6, 6.07) is 17.3. The molecule has 150 valence electrons. The first-order chi connectivity index (χ1) is 14.4. The minimum atomic E-state index is -0.230. The first-order valence-electron chi connectivity index (χ1n) is 9.18. The van der Waals surface area contributed by atoms with Crippen LogP contribution in [0.5, 0.6) is 11.5 Å². The number of halogens is 2. The molecule has 30 heavy (non-hydrogen) atoms. The maximum Gasteiger partial charge on any atom is 0.231 e. The lowest BCUT2D eigenvalue weighted by molar-refractivity contribution is 0.0920. The standard InChI is InChI=1S/C24H16Cl2O4/c1-14-21(29-13-20(27)16-5-3-2-4-6-16)10-8-17-23(28)22(30-24(14)17)12-15-7-9-18(25)19(26)11-15/h2-12H,13H2,1H3/b22-12-. The molecular formula is C24H16Cl2O4. The van der Waals surface area contributed by atoms with Crippen molar-refractivity contribution in [3.63, 3.8) is 0 Å².